The van der Waals surface area contributed by atoms with Gasteiger partial charge >= 0.3 is 0 Å². The Labute approximate surface area is 165 Å². The number of nitrogens with one attached hydrogen (secondary N) is 2. The van der Waals surface area contributed by atoms with Gasteiger partial charge in [0.1, 0.15) is 5.82 Å². The zero-order valence-corrected chi connectivity index (χ0v) is 16.7. The second-order valence-electron chi connectivity index (χ2n) is 5.75. The minimum atomic E-state index is 0.221. The van der Waals surface area contributed by atoms with Gasteiger partial charge in [-0.2, -0.15) is 4.98 Å². The lowest BCUT2D eigenvalue weighted by molar-refractivity contribution is 0.876. The molecule has 3 aromatic rings. The molecular formula is C18H17ClIN5. The van der Waals surface area contributed by atoms with E-state index in [2.05, 4.69) is 48.2 Å². The first kappa shape index (κ1) is 17.9. The van der Waals surface area contributed by atoms with Crippen LogP contribution in [0.25, 0.3) is 11.3 Å². The van der Waals surface area contributed by atoms with Crippen molar-refractivity contribution in [3.05, 3.63) is 57.4 Å². The maximum Gasteiger partial charge on any atom is 0.225 e. The van der Waals surface area contributed by atoms with Gasteiger partial charge in [0.15, 0.2) is 0 Å². The van der Waals surface area contributed by atoms with Crippen molar-refractivity contribution < 1.29 is 0 Å². The van der Waals surface area contributed by atoms with Crippen LogP contribution < -0.4 is 10.6 Å². The lowest BCUT2D eigenvalue weighted by Crippen LogP contribution is -2.13. The van der Waals surface area contributed by atoms with Crippen LogP contribution in [0.15, 0.2) is 48.8 Å². The summed E-state index contributed by atoms with van der Waals surface area (Å²) in [4.78, 5) is 13.3. The van der Waals surface area contributed by atoms with Crippen LogP contribution in [0, 0.1) is 3.57 Å². The molecule has 0 aliphatic heterocycles. The van der Waals surface area contributed by atoms with Crippen molar-refractivity contribution in [2.75, 3.05) is 10.6 Å². The Morgan fingerprint density at radius 3 is 2.64 bits per heavy atom. The van der Waals surface area contributed by atoms with Crippen molar-refractivity contribution in [3.8, 4) is 11.3 Å². The molecule has 0 aliphatic carbocycles. The summed E-state index contributed by atoms with van der Waals surface area (Å²) < 4.78 is 1.08. The molecule has 0 saturated heterocycles. The van der Waals surface area contributed by atoms with E-state index in [1.54, 1.807) is 12.4 Å². The highest BCUT2D eigenvalue weighted by Crippen LogP contribution is 2.28. The van der Waals surface area contributed by atoms with E-state index in [1.165, 1.54) is 0 Å². The summed E-state index contributed by atoms with van der Waals surface area (Å²) in [7, 11) is 0. The van der Waals surface area contributed by atoms with Gasteiger partial charge in [-0.05, 0) is 66.8 Å². The predicted molar refractivity (Wildman–Crippen MR) is 111 cm³/mol. The lowest BCUT2D eigenvalue weighted by Gasteiger charge is -2.13. The number of pyridine rings is 1. The average molecular weight is 466 g/mol. The smallest absolute Gasteiger partial charge is 0.225 e. The van der Waals surface area contributed by atoms with Crippen LogP contribution in [0.5, 0.6) is 0 Å². The Morgan fingerprint density at radius 2 is 1.96 bits per heavy atom. The van der Waals surface area contributed by atoms with Crippen LogP contribution in [0.4, 0.5) is 17.5 Å². The fraction of sp³-hybridized carbons (Fsp3) is 0.167. The molecule has 0 atom stereocenters. The number of aromatic nitrogens is 3. The Morgan fingerprint density at radius 1 is 1.12 bits per heavy atom. The average Bonchev–Trinajstić information content (AvgIpc) is 2.57. The SMILES string of the molecule is CC(C)Nc1nc(Nc2ccc(I)cc2Cl)cc(-c2cccnc2)n1. The van der Waals surface area contributed by atoms with Crippen molar-refractivity contribution in [1.29, 1.82) is 0 Å². The number of rotatable bonds is 5. The van der Waals surface area contributed by atoms with E-state index >= 15 is 0 Å². The highest BCUT2D eigenvalue weighted by atomic mass is 127. The quantitative estimate of drug-likeness (QED) is 0.497. The fourth-order valence-corrected chi connectivity index (χ4v) is 3.13. The zero-order chi connectivity index (χ0) is 17.8. The highest BCUT2D eigenvalue weighted by Gasteiger charge is 2.10. The second kappa shape index (κ2) is 7.97. The normalized spacial score (nSPS) is 10.8. The molecule has 128 valence electrons. The number of halogens is 2. The molecule has 2 aromatic heterocycles. The number of hydrogen-bond acceptors (Lipinski definition) is 5. The Kier molecular flexibility index (Phi) is 5.70. The van der Waals surface area contributed by atoms with Gasteiger partial charge in [-0.1, -0.05) is 11.6 Å². The molecule has 2 N–H and O–H groups in total. The van der Waals surface area contributed by atoms with Gasteiger partial charge in [0.05, 0.1) is 16.4 Å². The number of anilines is 3. The minimum Gasteiger partial charge on any atom is -0.352 e. The lowest BCUT2D eigenvalue weighted by atomic mass is 10.2. The van der Waals surface area contributed by atoms with Crippen LogP contribution in [-0.4, -0.2) is 21.0 Å². The number of benzene rings is 1. The molecule has 25 heavy (non-hydrogen) atoms. The summed E-state index contributed by atoms with van der Waals surface area (Å²) in [5.41, 5.74) is 2.51. The third-order valence-electron chi connectivity index (χ3n) is 3.30. The molecule has 0 fully saturated rings. The van der Waals surface area contributed by atoms with Gasteiger partial charge in [-0.3, -0.25) is 4.98 Å². The van der Waals surface area contributed by atoms with E-state index in [9.17, 15) is 0 Å². The van der Waals surface area contributed by atoms with Crippen LogP contribution in [0.2, 0.25) is 5.02 Å². The van der Waals surface area contributed by atoms with Gasteiger partial charge in [0, 0.05) is 33.6 Å². The molecular weight excluding hydrogens is 449 g/mol. The summed E-state index contributed by atoms with van der Waals surface area (Å²) in [6, 6.07) is 11.8. The van der Waals surface area contributed by atoms with E-state index < -0.39 is 0 Å². The summed E-state index contributed by atoms with van der Waals surface area (Å²) >= 11 is 8.55. The second-order valence-corrected chi connectivity index (χ2v) is 7.40. The molecule has 5 nitrogen and oxygen atoms in total. The van der Waals surface area contributed by atoms with Crippen LogP contribution >= 0.6 is 34.2 Å². The van der Waals surface area contributed by atoms with Crippen molar-refractivity contribution in [3.63, 3.8) is 0 Å². The van der Waals surface area contributed by atoms with E-state index in [1.807, 2.05) is 50.2 Å². The van der Waals surface area contributed by atoms with Crippen LogP contribution in [0.1, 0.15) is 13.8 Å². The Balaban J connectivity index is 2.00. The predicted octanol–water partition coefficient (Wildman–Crippen LogP) is 5.36. The highest BCUT2D eigenvalue weighted by molar-refractivity contribution is 14.1. The van der Waals surface area contributed by atoms with E-state index in [0.717, 1.165) is 20.5 Å². The summed E-state index contributed by atoms with van der Waals surface area (Å²) in [6.07, 6.45) is 3.52. The summed E-state index contributed by atoms with van der Waals surface area (Å²) in [6.45, 7) is 4.09. The zero-order valence-electron chi connectivity index (χ0n) is 13.8. The molecule has 2 heterocycles. The number of nitrogens with zero attached hydrogens (tertiary/aromatic N) is 3. The molecule has 7 heteroatoms. The molecule has 0 unspecified atom stereocenters. The van der Waals surface area contributed by atoms with Crippen LogP contribution in [0.3, 0.4) is 0 Å². The monoisotopic (exact) mass is 465 g/mol. The molecule has 0 amide bonds. The maximum absolute atomic E-state index is 6.32. The molecule has 0 spiro atoms. The summed E-state index contributed by atoms with van der Waals surface area (Å²) in [5, 5.41) is 7.17. The van der Waals surface area contributed by atoms with Crippen molar-refractivity contribution in [2.24, 2.45) is 0 Å². The molecule has 0 aliphatic rings. The largest absolute Gasteiger partial charge is 0.352 e. The summed E-state index contributed by atoms with van der Waals surface area (Å²) in [5.74, 6) is 1.22. The van der Waals surface area contributed by atoms with Crippen LogP contribution in [-0.2, 0) is 0 Å². The van der Waals surface area contributed by atoms with Gasteiger partial charge < -0.3 is 10.6 Å². The van der Waals surface area contributed by atoms with Gasteiger partial charge in [0.25, 0.3) is 0 Å². The maximum atomic E-state index is 6.32. The third kappa shape index (κ3) is 4.79. The molecule has 0 saturated carbocycles. The first-order chi connectivity index (χ1) is 12.0. The van der Waals surface area contributed by atoms with E-state index in [-0.39, 0.29) is 6.04 Å². The molecule has 0 radical (unpaired) electrons. The van der Waals surface area contributed by atoms with Crippen molar-refractivity contribution in [2.45, 2.75) is 19.9 Å². The first-order valence-corrected chi connectivity index (χ1v) is 9.25. The topological polar surface area (TPSA) is 62.7 Å². The standard InChI is InChI=1S/C18H17ClIN5/c1-11(2)22-18-24-16(12-4-3-7-21-10-12)9-17(25-18)23-15-6-5-13(20)8-14(15)19/h3-11H,1-2H3,(H2,22,23,24,25). The fourth-order valence-electron chi connectivity index (χ4n) is 2.23. The first-order valence-electron chi connectivity index (χ1n) is 7.79. The minimum absolute atomic E-state index is 0.221. The molecule has 0 bridgehead atoms. The molecule has 3 rings (SSSR count). The number of hydrogen-bond donors (Lipinski definition) is 2. The van der Waals surface area contributed by atoms with Gasteiger partial charge in [-0.25, -0.2) is 4.98 Å². The van der Waals surface area contributed by atoms with Crippen molar-refractivity contribution in [1.82, 2.24) is 15.0 Å². The van der Waals surface area contributed by atoms with E-state index in [4.69, 9.17) is 11.6 Å². The Hall–Kier alpha value is -1.93. The van der Waals surface area contributed by atoms with Gasteiger partial charge in [-0.15, -0.1) is 0 Å². The molecule has 1 aromatic carbocycles. The van der Waals surface area contributed by atoms with E-state index in [0.29, 0.717) is 16.8 Å². The third-order valence-corrected chi connectivity index (χ3v) is 4.28. The van der Waals surface area contributed by atoms with Crippen molar-refractivity contribution >= 4 is 51.6 Å². The van der Waals surface area contributed by atoms with Gasteiger partial charge in [0.2, 0.25) is 5.95 Å². The Bertz CT molecular complexity index is 871.